The van der Waals surface area contributed by atoms with Crippen LogP contribution in [0.3, 0.4) is 0 Å². The summed E-state index contributed by atoms with van der Waals surface area (Å²) < 4.78 is 15.1. The van der Waals surface area contributed by atoms with Crippen LogP contribution in [0, 0.1) is 5.82 Å². The molecule has 2 heterocycles. The van der Waals surface area contributed by atoms with Crippen LogP contribution in [0.2, 0.25) is 5.02 Å². The number of amides is 1. The van der Waals surface area contributed by atoms with Crippen LogP contribution < -0.4 is 5.32 Å². The molecule has 0 bridgehead atoms. The minimum atomic E-state index is -0.499. The summed E-state index contributed by atoms with van der Waals surface area (Å²) in [7, 11) is 1.88. The number of pyridine rings is 1. The minimum absolute atomic E-state index is 0.123. The van der Waals surface area contributed by atoms with Crippen molar-refractivity contribution in [3.05, 3.63) is 58.8 Å². The van der Waals surface area contributed by atoms with Crippen molar-refractivity contribution in [3.8, 4) is 0 Å². The molecule has 3 aromatic rings. The number of nitrogens with one attached hydrogen (secondary N) is 1. The fraction of sp³-hybridized carbons (Fsp3) is 0.188. The molecule has 1 aromatic carbocycles. The van der Waals surface area contributed by atoms with Crippen LogP contribution in [0.5, 0.6) is 0 Å². The Morgan fingerprint density at radius 1 is 1.39 bits per heavy atom. The summed E-state index contributed by atoms with van der Waals surface area (Å²) in [6, 6.07) is 7.41. The van der Waals surface area contributed by atoms with E-state index >= 15 is 0 Å². The number of halogens is 2. The predicted molar refractivity (Wildman–Crippen MR) is 86.0 cm³/mol. The SMILES string of the molecule is Cn1c(CCNC(=O)c2cc(F)ccc2Cl)nc2cccnc21. The van der Waals surface area contributed by atoms with Gasteiger partial charge in [0.25, 0.3) is 5.91 Å². The van der Waals surface area contributed by atoms with Gasteiger partial charge in [0.1, 0.15) is 17.2 Å². The third-order valence-corrected chi connectivity index (χ3v) is 3.86. The number of carbonyl (C=O) groups is 1. The zero-order valence-electron chi connectivity index (χ0n) is 12.4. The molecule has 1 amide bonds. The number of carbonyl (C=O) groups excluding carboxylic acids is 1. The molecule has 0 saturated carbocycles. The van der Waals surface area contributed by atoms with E-state index in [1.165, 1.54) is 12.1 Å². The lowest BCUT2D eigenvalue weighted by atomic mass is 10.2. The second-order valence-electron chi connectivity index (χ2n) is 5.06. The molecular formula is C16H14ClFN4O. The zero-order valence-corrected chi connectivity index (χ0v) is 13.1. The maximum atomic E-state index is 13.2. The first kappa shape index (κ1) is 15.4. The quantitative estimate of drug-likeness (QED) is 0.799. The van der Waals surface area contributed by atoms with Crippen molar-refractivity contribution >= 4 is 28.7 Å². The van der Waals surface area contributed by atoms with Crippen LogP contribution in [0.25, 0.3) is 11.2 Å². The van der Waals surface area contributed by atoms with Crippen molar-refractivity contribution in [1.82, 2.24) is 19.9 Å². The van der Waals surface area contributed by atoms with Gasteiger partial charge in [-0.05, 0) is 30.3 Å². The molecule has 118 valence electrons. The Kier molecular flexibility index (Phi) is 4.25. The van der Waals surface area contributed by atoms with E-state index in [0.29, 0.717) is 13.0 Å². The Hall–Kier alpha value is -2.47. The fourth-order valence-electron chi connectivity index (χ4n) is 2.35. The van der Waals surface area contributed by atoms with Gasteiger partial charge in [0.2, 0.25) is 0 Å². The van der Waals surface area contributed by atoms with Crippen LogP contribution in [0.15, 0.2) is 36.5 Å². The number of hydrogen-bond donors (Lipinski definition) is 1. The van der Waals surface area contributed by atoms with E-state index in [1.807, 2.05) is 23.7 Å². The molecule has 5 nitrogen and oxygen atoms in total. The summed E-state index contributed by atoms with van der Waals surface area (Å²) in [6.07, 6.45) is 2.24. The van der Waals surface area contributed by atoms with E-state index in [2.05, 4.69) is 15.3 Å². The lowest BCUT2D eigenvalue weighted by Crippen LogP contribution is -2.26. The zero-order chi connectivity index (χ0) is 16.4. The molecule has 0 radical (unpaired) electrons. The molecule has 0 spiro atoms. The topological polar surface area (TPSA) is 59.8 Å². The number of fused-ring (bicyclic) bond motifs is 1. The third-order valence-electron chi connectivity index (χ3n) is 3.53. The lowest BCUT2D eigenvalue weighted by molar-refractivity contribution is 0.0953. The number of benzene rings is 1. The molecule has 23 heavy (non-hydrogen) atoms. The lowest BCUT2D eigenvalue weighted by Gasteiger charge is -2.07. The van der Waals surface area contributed by atoms with Crippen LogP contribution in [0.4, 0.5) is 4.39 Å². The Labute approximate surface area is 137 Å². The van der Waals surface area contributed by atoms with Gasteiger partial charge in [-0.15, -0.1) is 0 Å². The van der Waals surface area contributed by atoms with Gasteiger partial charge in [-0.25, -0.2) is 14.4 Å². The maximum Gasteiger partial charge on any atom is 0.252 e. The summed E-state index contributed by atoms with van der Waals surface area (Å²) in [4.78, 5) is 20.8. The molecule has 7 heteroatoms. The molecule has 0 aliphatic rings. The summed E-state index contributed by atoms with van der Waals surface area (Å²) in [5.74, 6) is -0.100. The summed E-state index contributed by atoms with van der Waals surface area (Å²) in [6.45, 7) is 0.364. The average Bonchev–Trinajstić information content (AvgIpc) is 2.86. The maximum absolute atomic E-state index is 13.2. The average molecular weight is 333 g/mol. The molecule has 3 rings (SSSR count). The van der Waals surface area contributed by atoms with Crippen LogP contribution >= 0.6 is 11.6 Å². The fourth-order valence-corrected chi connectivity index (χ4v) is 2.55. The van der Waals surface area contributed by atoms with E-state index in [9.17, 15) is 9.18 Å². The molecule has 0 fully saturated rings. The highest BCUT2D eigenvalue weighted by Crippen LogP contribution is 2.17. The van der Waals surface area contributed by atoms with Gasteiger partial charge in [0.05, 0.1) is 10.6 Å². The molecule has 0 saturated heterocycles. The third kappa shape index (κ3) is 3.17. The van der Waals surface area contributed by atoms with Gasteiger partial charge >= 0.3 is 0 Å². The molecule has 2 aromatic heterocycles. The normalized spacial score (nSPS) is 10.9. The predicted octanol–water partition coefficient (Wildman–Crippen LogP) is 2.73. The van der Waals surface area contributed by atoms with Crippen molar-refractivity contribution in [3.63, 3.8) is 0 Å². The number of hydrogen-bond acceptors (Lipinski definition) is 3. The summed E-state index contributed by atoms with van der Waals surface area (Å²) in [5.41, 5.74) is 1.73. The second-order valence-corrected chi connectivity index (χ2v) is 5.47. The highest BCUT2D eigenvalue weighted by molar-refractivity contribution is 6.33. The monoisotopic (exact) mass is 332 g/mol. The molecule has 0 atom stereocenters. The van der Waals surface area contributed by atoms with Gasteiger partial charge < -0.3 is 9.88 Å². The molecule has 0 aliphatic carbocycles. The Bertz CT molecular complexity index is 878. The molecule has 0 aliphatic heterocycles. The van der Waals surface area contributed by atoms with Gasteiger partial charge in [0, 0.05) is 26.2 Å². The summed E-state index contributed by atoms with van der Waals surface area (Å²) >= 11 is 5.91. The van der Waals surface area contributed by atoms with Gasteiger partial charge in [0.15, 0.2) is 5.65 Å². The van der Waals surface area contributed by atoms with E-state index in [-0.39, 0.29) is 10.6 Å². The van der Waals surface area contributed by atoms with E-state index in [4.69, 9.17) is 11.6 Å². The smallest absolute Gasteiger partial charge is 0.252 e. The number of aryl methyl sites for hydroxylation is 1. The van der Waals surface area contributed by atoms with Crippen molar-refractivity contribution in [1.29, 1.82) is 0 Å². The van der Waals surface area contributed by atoms with Gasteiger partial charge in [-0.3, -0.25) is 4.79 Å². The Morgan fingerprint density at radius 2 is 2.22 bits per heavy atom. The number of aromatic nitrogens is 3. The van der Waals surface area contributed by atoms with Crippen LogP contribution in [-0.2, 0) is 13.5 Å². The molecular weight excluding hydrogens is 319 g/mol. The number of rotatable bonds is 4. The van der Waals surface area contributed by atoms with Crippen molar-refractivity contribution in [2.75, 3.05) is 6.54 Å². The highest BCUT2D eigenvalue weighted by Gasteiger charge is 2.12. The van der Waals surface area contributed by atoms with E-state index < -0.39 is 11.7 Å². The molecule has 1 N–H and O–H groups in total. The van der Waals surface area contributed by atoms with E-state index in [1.54, 1.807) is 6.20 Å². The number of imidazole rings is 1. The van der Waals surface area contributed by atoms with Crippen molar-refractivity contribution in [2.45, 2.75) is 6.42 Å². The van der Waals surface area contributed by atoms with Crippen LogP contribution in [-0.4, -0.2) is 27.0 Å². The van der Waals surface area contributed by atoms with Crippen molar-refractivity contribution < 1.29 is 9.18 Å². The molecule has 0 unspecified atom stereocenters. The number of nitrogens with zero attached hydrogens (tertiary/aromatic N) is 3. The Morgan fingerprint density at radius 3 is 3.00 bits per heavy atom. The first-order chi connectivity index (χ1) is 11.1. The first-order valence-corrected chi connectivity index (χ1v) is 7.43. The standard InChI is InChI=1S/C16H14ClFN4O/c1-22-14(21-13-3-2-7-19-15(13)22)6-8-20-16(23)11-9-10(18)4-5-12(11)17/h2-5,7,9H,6,8H2,1H3,(H,20,23). The van der Waals surface area contributed by atoms with E-state index in [0.717, 1.165) is 23.1 Å². The highest BCUT2D eigenvalue weighted by atomic mass is 35.5. The van der Waals surface area contributed by atoms with Gasteiger partial charge in [-0.2, -0.15) is 0 Å². The minimum Gasteiger partial charge on any atom is -0.352 e. The van der Waals surface area contributed by atoms with Crippen molar-refractivity contribution in [2.24, 2.45) is 7.05 Å². The van der Waals surface area contributed by atoms with Gasteiger partial charge in [-0.1, -0.05) is 11.6 Å². The largest absolute Gasteiger partial charge is 0.352 e. The first-order valence-electron chi connectivity index (χ1n) is 7.06. The second kappa shape index (κ2) is 6.34. The van der Waals surface area contributed by atoms with Crippen LogP contribution in [0.1, 0.15) is 16.2 Å². The Balaban J connectivity index is 1.67. The summed E-state index contributed by atoms with van der Waals surface area (Å²) in [5, 5.41) is 2.94.